The molecule has 0 radical (unpaired) electrons. The standard InChI is InChI=1S/C18H14O2S3/c19-15(9-8-14-7-4-10-21-14)16(18-22-11-12-23-18)17(20)13-5-2-1-3-6-13/h1-10H,11-12H2/b9-8+. The van der Waals surface area contributed by atoms with Crippen LogP contribution in [0.1, 0.15) is 15.2 Å². The number of benzene rings is 1. The third-order valence-corrected chi connectivity index (χ3v) is 6.76. The van der Waals surface area contributed by atoms with E-state index >= 15 is 0 Å². The molecule has 0 N–H and O–H groups in total. The SMILES string of the molecule is O=C(/C=C/c1cccs1)C(C(=O)c1ccccc1)=C1SCCS1. The minimum atomic E-state index is -0.218. The fourth-order valence-electron chi connectivity index (χ4n) is 2.12. The van der Waals surface area contributed by atoms with E-state index in [1.54, 1.807) is 53.1 Å². The number of carbonyl (C=O) groups is 2. The zero-order chi connectivity index (χ0) is 16.1. The summed E-state index contributed by atoms with van der Waals surface area (Å²) < 4.78 is 0.847. The Morgan fingerprint density at radius 2 is 1.70 bits per heavy atom. The normalized spacial score (nSPS) is 14.3. The predicted octanol–water partition coefficient (Wildman–Crippen LogP) is 4.90. The average molecular weight is 359 g/mol. The minimum absolute atomic E-state index is 0.191. The van der Waals surface area contributed by atoms with Gasteiger partial charge in [0.05, 0.1) is 9.81 Å². The second-order valence-corrected chi connectivity index (χ2v) is 8.22. The van der Waals surface area contributed by atoms with Crippen LogP contribution in [-0.2, 0) is 4.79 Å². The van der Waals surface area contributed by atoms with Gasteiger partial charge in [0.1, 0.15) is 0 Å². The lowest BCUT2D eigenvalue weighted by Gasteiger charge is -2.06. The van der Waals surface area contributed by atoms with E-state index in [1.165, 1.54) is 6.08 Å². The van der Waals surface area contributed by atoms with Gasteiger partial charge in [0.25, 0.3) is 0 Å². The molecule has 1 aromatic heterocycles. The molecular formula is C18H14O2S3. The van der Waals surface area contributed by atoms with E-state index in [4.69, 9.17) is 0 Å². The van der Waals surface area contributed by atoms with Gasteiger partial charge in [-0.05, 0) is 23.6 Å². The fourth-order valence-corrected chi connectivity index (χ4v) is 5.29. The Labute approximate surface area is 147 Å². The Hall–Kier alpha value is -1.56. The third kappa shape index (κ3) is 4.05. The highest BCUT2D eigenvalue weighted by Crippen LogP contribution is 2.39. The van der Waals surface area contributed by atoms with Crippen molar-refractivity contribution in [3.63, 3.8) is 0 Å². The number of carbonyl (C=O) groups excluding carboxylic acids is 2. The Kier molecular flexibility index (Phi) is 5.54. The first kappa shape index (κ1) is 16.3. The molecule has 1 fully saturated rings. The van der Waals surface area contributed by atoms with Crippen molar-refractivity contribution in [2.45, 2.75) is 0 Å². The molecule has 3 rings (SSSR count). The summed E-state index contributed by atoms with van der Waals surface area (Å²) in [4.78, 5) is 26.5. The molecule has 0 aliphatic carbocycles. The first-order chi connectivity index (χ1) is 11.3. The van der Waals surface area contributed by atoms with Crippen LogP contribution >= 0.6 is 34.9 Å². The maximum Gasteiger partial charge on any atom is 0.198 e. The first-order valence-corrected chi connectivity index (χ1v) is 9.96. The summed E-state index contributed by atoms with van der Waals surface area (Å²) in [7, 11) is 0. The molecule has 1 aliphatic heterocycles. The number of Topliss-reactive ketones (excluding diaryl/α,β-unsaturated/α-hetero) is 1. The van der Waals surface area contributed by atoms with Gasteiger partial charge in [-0.25, -0.2) is 0 Å². The van der Waals surface area contributed by atoms with Gasteiger partial charge >= 0.3 is 0 Å². The molecule has 0 amide bonds. The van der Waals surface area contributed by atoms with Crippen molar-refractivity contribution in [1.29, 1.82) is 0 Å². The van der Waals surface area contributed by atoms with Crippen LogP contribution in [0.2, 0.25) is 0 Å². The largest absolute Gasteiger partial charge is 0.289 e. The zero-order valence-electron chi connectivity index (χ0n) is 12.2. The molecular weight excluding hydrogens is 344 g/mol. The van der Waals surface area contributed by atoms with Crippen LogP contribution < -0.4 is 0 Å². The van der Waals surface area contributed by atoms with Crippen LogP contribution in [0.25, 0.3) is 6.08 Å². The molecule has 5 heteroatoms. The second kappa shape index (κ2) is 7.81. The summed E-state index contributed by atoms with van der Waals surface area (Å²) in [5.41, 5.74) is 0.859. The summed E-state index contributed by atoms with van der Waals surface area (Å²) in [6, 6.07) is 12.9. The number of hydrogen-bond acceptors (Lipinski definition) is 5. The maximum atomic E-state index is 12.8. The molecule has 0 atom stereocenters. The van der Waals surface area contributed by atoms with Crippen LogP contribution in [0, 0.1) is 0 Å². The molecule has 1 saturated heterocycles. The molecule has 2 heterocycles. The summed E-state index contributed by atoms with van der Waals surface area (Å²) in [6.07, 6.45) is 3.28. The first-order valence-electron chi connectivity index (χ1n) is 7.11. The minimum Gasteiger partial charge on any atom is -0.289 e. The summed E-state index contributed by atoms with van der Waals surface area (Å²) >= 11 is 4.75. The highest BCUT2D eigenvalue weighted by Gasteiger charge is 2.25. The Balaban J connectivity index is 1.92. The predicted molar refractivity (Wildman–Crippen MR) is 101 cm³/mol. The number of rotatable bonds is 5. The number of allylic oxidation sites excluding steroid dienone is 2. The van der Waals surface area contributed by atoms with Crippen LogP contribution in [0.5, 0.6) is 0 Å². The number of thioether (sulfide) groups is 2. The van der Waals surface area contributed by atoms with Crippen LogP contribution in [0.15, 0.2) is 63.7 Å². The van der Waals surface area contributed by atoms with E-state index < -0.39 is 0 Å². The number of thiophene rings is 1. The van der Waals surface area contributed by atoms with Crippen molar-refractivity contribution < 1.29 is 9.59 Å². The molecule has 23 heavy (non-hydrogen) atoms. The van der Waals surface area contributed by atoms with Crippen LogP contribution in [0.3, 0.4) is 0 Å². The smallest absolute Gasteiger partial charge is 0.198 e. The average Bonchev–Trinajstić information content (AvgIpc) is 3.28. The topological polar surface area (TPSA) is 34.1 Å². The van der Waals surface area contributed by atoms with Crippen molar-refractivity contribution in [1.82, 2.24) is 0 Å². The molecule has 2 aromatic rings. The summed E-state index contributed by atoms with van der Waals surface area (Å²) in [6.45, 7) is 0. The van der Waals surface area contributed by atoms with Crippen LogP contribution in [0.4, 0.5) is 0 Å². The lowest BCUT2D eigenvalue weighted by atomic mass is 10.0. The van der Waals surface area contributed by atoms with Crippen molar-refractivity contribution >= 4 is 52.5 Å². The molecule has 0 saturated carbocycles. The van der Waals surface area contributed by atoms with Crippen molar-refractivity contribution in [3.05, 3.63) is 74.2 Å². The van der Waals surface area contributed by atoms with E-state index in [0.29, 0.717) is 11.1 Å². The van der Waals surface area contributed by atoms with Crippen molar-refractivity contribution in [3.8, 4) is 0 Å². The van der Waals surface area contributed by atoms with Gasteiger partial charge in [-0.2, -0.15) is 0 Å². The van der Waals surface area contributed by atoms with Gasteiger partial charge in [-0.3, -0.25) is 9.59 Å². The molecule has 1 aromatic carbocycles. The fraction of sp³-hybridized carbons (Fsp3) is 0.111. The van der Waals surface area contributed by atoms with E-state index in [2.05, 4.69) is 0 Å². The zero-order valence-corrected chi connectivity index (χ0v) is 14.7. The van der Waals surface area contributed by atoms with Gasteiger partial charge in [-0.1, -0.05) is 36.4 Å². The Morgan fingerprint density at radius 1 is 0.957 bits per heavy atom. The molecule has 116 valence electrons. The molecule has 1 aliphatic rings. The number of ketones is 2. The van der Waals surface area contributed by atoms with Gasteiger partial charge in [0.2, 0.25) is 0 Å². The van der Waals surface area contributed by atoms with E-state index in [1.807, 2.05) is 35.7 Å². The molecule has 0 spiro atoms. The van der Waals surface area contributed by atoms with E-state index in [0.717, 1.165) is 20.6 Å². The summed E-state index contributed by atoms with van der Waals surface area (Å²) in [5.74, 6) is 1.47. The van der Waals surface area contributed by atoms with Gasteiger partial charge in [0.15, 0.2) is 11.6 Å². The van der Waals surface area contributed by atoms with Gasteiger partial charge < -0.3 is 0 Å². The van der Waals surface area contributed by atoms with Gasteiger partial charge in [-0.15, -0.1) is 34.9 Å². The second-order valence-electron chi connectivity index (χ2n) is 4.77. The van der Waals surface area contributed by atoms with E-state index in [9.17, 15) is 9.59 Å². The van der Waals surface area contributed by atoms with Crippen LogP contribution in [-0.4, -0.2) is 23.1 Å². The lowest BCUT2D eigenvalue weighted by Crippen LogP contribution is -2.12. The Bertz CT molecular complexity index is 751. The molecule has 2 nitrogen and oxygen atoms in total. The molecule has 0 unspecified atom stereocenters. The lowest BCUT2D eigenvalue weighted by molar-refractivity contribution is -0.111. The van der Waals surface area contributed by atoms with Crippen molar-refractivity contribution in [2.75, 3.05) is 11.5 Å². The highest BCUT2D eigenvalue weighted by molar-refractivity contribution is 8.25. The van der Waals surface area contributed by atoms with Crippen molar-refractivity contribution in [2.24, 2.45) is 0 Å². The van der Waals surface area contributed by atoms with Gasteiger partial charge in [0, 0.05) is 21.9 Å². The monoisotopic (exact) mass is 358 g/mol. The number of hydrogen-bond donors (Lipinski definition) is 0. The van der Waals surface area contributed by atoms with E-state index in [-0.39, 0.29) is 11.6 Å². The highest BCUT2D eigenvalue weighted by atomic mass is 32.2. The molecule has 0 bridgehead atoms. The Morgan fingerprint density at radius 3 is 2.35 bits per heavy atom. The maximum absolute atomic E-state index is 12.8. The quantitative estimate of drug-likeness (QED) is 0.329. The third-order valence-electron chi connectivity index (χ3n) is 3.21. The summed E-state index contributed by atoms with van der Waals surface area (Å²) in [5, 5.41) is 1.96.